The highest BCUT2D eigenvalue weighted by Crippen LogP contribution is 2.30. The lowest BCUT2D eigenvalue weighted by Crippen LogP contribution is -2.12. The third-order valence-electron chi connectivity index (χ3n) is 6.56. The highest BCUT2D eigenvalue weighted by Gasteiger charge is 2.17. The highest BCUT2D eigenvalue weighted by atomic mass is 15.2. The van der Waals surface area contributed by atoms with Crippen LogP contribution in [-0.2, 0) is 13.1 Å². The Labute approximate surface area is 223 Å². The molecule has 0 aliphatic carbocycles. The molecule has 0 aliphatic heterocycles. The fourth-order valence-electron chi connectivity index (χ4n) is 4.65. The van der Waals surface area contributed by atoms with Gasteiger partial charge in [0.1, 0.15) is 11.0 Å². The van der Waals surface area contributed by atoms with Crippen molar-refractivity contribution in [3.05, 3.63) is 109 Å². The fraction of sp³-hybridized carbons (Fsp3) is 0.0667. The molecule has 0 saturated heterocycles. The molecule has 0 amide bonds. The average molecular weight is 510 g/mol. The number of benzene rings is 1. The van der Waals surface area contributed by atoms with Crippen LogP contribution < -0.4 is 5.32 Å². The van der Waals surface area contributed by atoms with E-state index in [1.54, 1.807) is 18.6 Å². The summed E-state index contributed by atoms with van der Waals surface area (Å²) in [5.74, 6) is 0.614. The van der Waals surface area contributed by atoms with E-state index in [0.717, 1.165) is 56.7 Å². The zero-order chi connectivity index (χ0) is 26.0. The summed E-state index contributed by atoms with van der Waals surface area (Å²) in [6, 6.07) is 22.2. The van der Waals surface area contributed by atoms with Crippen LogP contribution in [0.3, 0.4) is 0 Å². The van der Waals surface area contributed by atoms with Crippen molar-refractivity contribution < 1.29 is 0 Å². The molecule has 0 aliphatic rings. The van der Waals surface area contributed by atoms with Gasteiger partial charge in [-0.25, -0.2) is 9.97 Å². The van der Waals surface area contributed by atoms with Crippen LogP contribution in [-0.4, -0.2) is 40.1 Å². The van der Waals surface area contributed by atoms with Gasteiger partial charge in [-0.1, -0.05) is 36.4 Å². The first-order valence-corrected chi connectivity index (χ1v) is 12.6. The van der Waals surface area contributed by atoms with E-state index in [-0.39, 0.29) is 0 Å². The van der Waals surface area contributed by atoms with Crippen LogP contribution in [0.1, 0.15) is 11.1 Å². The lowest BCUT2D eigenvalue weighted by atomic mass is 10.1. The lowest BCUT2D eigenvalue weighted by molar-refractivity contribution is 0.691. The Morgan fingerprint density at radius 2 is 1.56 bits per heavy atom. The van der Waals surface area contributed by atoms with E-state index < -0.39 is 0 Å². The van der Waals surface area contributed by atoms with Crippen molar-refractivity contribution in [3.63, 3.8) is 0 Å². The van der Waals surface area contributed by atoms with Gasteiger partial charge in [0.2, 0.25) is 0 Å². The Morgan fingerprint density at radius 1 is 0.692 bits per heavy atom. The van der Waals surface area contributed by atoms with Crippen LogP contribution in [0.15, 0.2) is 97.7 Å². The molecule has 9 heteroatoms. The topological polar surface area (TPSA) is 121 Å². The van der Waals surface area contributed by atoms with Gasteiger partial charge in [-0.05, 0) is 41.5 Å². The standard InChI is InChI=1S/C30H23N9/c1-2-6-19(7-3-1)13-31-14-20-12-21(16-32-15-20)23-9-10-25-28(35-23)29(39-38-25)30-36-26-18-33-17-22(27(26)37-30)24-8-4-5-11-34-24/h1-12,15-18,31H,13-14H2,(H,36,37)(H,38,39). The van der Waals surface area contributed by atoms with Gasteiger partial charge in [0.15, 0.2) is 11.5 Å². The number of rotatable bonds is 7. The monoisotopic (exact) mass is 509 g/mol. The van der Waals surface area contributed by atoms with Crippen molar-refractivity contribution in [2.75, 3.05) is 0 Å². The molecule has 0 fully saturated rings. The molecule has 39 heavy (non-hydrogen) atoms. The Balaban J connectivity index is 1.20. The van der Waals surface area contributed by atoms with E-state index in [1.807, 2.05) is 60.9 Å². The predicted octanol–water partition coefficient (Wildman–Crippen LogP) is 5.31. The van der Waals surface area contributed by atoms with Crippen LogP contribution in [0.25, 0.3) is 56.1 Å². The second-order valence-corrected chi connectivity index (χ2v) is 9.22. The molecule has 0 unspecified atom stereocenters. The number of pyridine rings is 4. The van der Waals surface area contributed by atoms with Gasteiger partial charge in [-0.3, -0.25) is 20.1 Å². The van der Waals surface area contributed by atoms with Crippen LogP contribution in [0, 0.1) is 0 Å². The minimum atomic E-state index is 0.614. The second kappa shape index (κ2) is 9.88. The van der Waals surface area contributed by atoms with E-state index in [9.17, 15) is 0 Å². The number of hydrogen-bond acceptors (Lipinski definition) is 7. The van der Waals surface area contributed by atoms with Crippen molar-refractivity contribution in [1.29, 1.82) is 0 Å². The number of hydrogen-bond donors (Lipinski definition) is 3. The number of nitrogens with zero attached hydrogens (tertiary/aromatic N) is 6. The zero-order valence-electron chi connectivity index (χ0n) is 20.8. The predicted molar refractivity (Wildman–Crippen MR) is 150 cm³/mol. The Hall–Kier alpha value is -5.28. The number of imidazole rings is 1. The molecule has 1 aromatic carbocycles. The van der Waals surface area contributed by atoms with Crippen LogP contribution in [0.2, 0.25) is 0 Å². The van der Waals surface area contributed by atoms with Gasteiger partial charge in [0.25, 0.3) is 0 Å². The number of nitrogens with one attached hydrogen (secondary N) is 3. The molecule has 188 valence electrons. The Morgan fingerprint density at radius 3 is 2.46 bits per heavy atom. The van der Waals surface area contributed by atoms with Crippen molar-refractivity contribution in [2.24, 2.45) is 0 Å². The maximum absolute atomic E-state index is 4.96. The minimum Gasteiger partial charge on any atom is -0.335 e. The first-order valence-electron chi connectivity index (χ1n) is 12.6. The van der Waals surface area contributed by atoms with Gasteiger partial charge in [0.05, 0.1) is 28.6 Å². The second-order valence-electron chi connectivity index (χ2n) is 9.22. The molecule has 3 N–H and O–H groups in total. The minimum absolute atomic E-state index is 0.614. The summed E-state index contributed by atoms with van der Waals surface area (Å²) in [5, 5.41) is 11.1. The molecule has 6 heterocycles. The highest BCUT2D eigenvalue weighted by molar-refractivity contribution is 5.95. The molecule has 0 atom stereocenters. The van der Waals surface area contributed by atoms with Crippen LogP contribution in [0.5, 0.6) is 0 Å². The molecule has 7 aromatic rings. The molecule has 0 radical (unpaired) electrons. The SMILES string of the molecule is c1ccc(CNCc2cncc(-c3ccc4[nH]nc(-c5nc6c(-c7ccccn7)cncc6[nH]5)c4n3)c2)cc1. The lowest BCUT2D eigenvalue weighted by Gasteiger charge is -2.07. The summed E-state index contributed by atoms with van der Waals surface area (Å²) in [6.45, 7) is 1.50. The van der Waals surface area contributed by atoms with Crippen molar-refractivity contribution in [2.45, 2.75) is 13.1 Å². The molecule has 0 bridgehead atoms. The Kier molecular flexibility index (Phi) is 5.80. The molecule has 7 rings (SSSR count). The molecule has 0 saturated carbocycles. The zero-order valence-corrected chi connectivity index (χ0v) is 20.8. The van der Waals surface area contributed by atoms with Crippen molar-refractivity contribution >= 4 is 22.1 Å². The van der Waals surface area contributed by atoms with E-state index in [2.05, 4.69) is 53.6 Å². The van der Waals surface area contributed by atoms with Crippen LogP contribution in [0.4, 0.5) is 0 Å². The quantitative estimate of drug-likeness (QED) is 0.266. The molecule has 0 spiro atoms. The molecular weight excluding hydrogens is 486 g/mol. The number of aromatic nitrogens is 8. The van der Waals surface area contributed by atoms with E-state index in [0.29, 0.717) is 18.1 Å². The third kappa shape index (κ3) is 4.51. The first kappa shape index (κ1) is 22.9. The summed E-state index contributed by atoms with van der Waals surface area (Å²) < 4.78 is 0. The summed E-state index contributed by atoms with van der Waals surface area (Å²) in [6.07, 6.45) is 9.01. The largest absolute Gasteiger partial charge is 0.335 e. The van der Waals surface area contributed by atoms with Gasteiger partial charge in [-0.2, -0.15) is 5.10 Å². The molecule has 9 nitrogen and oxygen atoms in total. The fourth-order valence-corrected chi connectivity index (χ4v) is 4.65. The van der Waals surface area contributed by atoms with E-state index in [1.165, 1.54) is 5.56 Å². The summed E-state index contributed by atoms with van der Waals surface area (Å²) in [7, 11) is 0. The number of H-pyrrole nitrogens is 2. The van der Waals surface area contributed by atoms with Gasteiger partial charge < -0.3 is 10.3 Å². The van der Waals surface area contributed by atoms with Crippen LogP contribution >= 0.6 is 0 Å². The van der Waals surface area contributed by atoms with Crippen molar-refractivity contribution in [1.82, 2.24) is 45.4 Å². The smallest absolute Gasteiger partial charge is 0.161 e. The third-order valence-corrected chi connectivity index (χ3v) is 6.56. The summed E-state index contributed by atoms with van der Waals surface area (Å²) in [4.78, 5) is 26.5. The maximum atomic E-state index is 4.96. The van der Waals surface area contributed by atoms with E-state index in [4.69, 9.17) is 9.97 Å². The van der Waals surface area contributed by atoms with Gasteiger partial charge in [0, 0.05) is 49.0 Å². The van der Waals surface area contributed by atoms with Crippen molar-refractivity contribution in [3.8, 4) is 34.0 Å². The summed E-state index contributed by atoms with van der Waals surface area (Å²) in [5.41, 5.74) is 9.54. The Bertz CT molecular complexity index is 1890. The maximum Gasteiger partial charge on any atom is 0.161 e. The molecular formula is C30H23N9. The first-order chi connectivity index (χ1) is 19.3. The average Bonchev–Trinajstić information content (AvgIpc) is 3.62. The summed E-state index contributed by atoms with van der Waals surface area (Å²) >= 11 is 0. The number of aromatic amines is 2. The van der Waals surface area contributed by atoms with Gasteiger partial charge in [-0.15, -0.1) is 0 Å². The van der Waals surface area contributed by atoms with E-state index >= 15 is 0 Å². The van der Waals surface area contributed by atoms with Gasteiger partial charge >= 0.3 is 0 Å². The number of fused-ring (bicyclic) bond motifs is 2. The molecule has 6 aromatic heterocycles. The normalized spacial score (nSPS) is 11.4.